The predicted octanol–water partition coefficient (Wildman–Crippen LogP) is 1.90. The molecule has 0 amide bonds. The van der Waals surface area contributed by atoms with Crippen LogP contribution in [-0.2, 0) is 9.53 Å². The summed E-state index contributed by atoms with van der Waals surface area (Å²) < 4.78 is 5.32. The number of esters is 1. The number of nitro groups is 1. The molecule has 0 aliphatic rings. The Morgan fingerprint density at radius 1 is 1.27 bits per heavy atom. The van der Waals surface area contributed by atoms with Gasteiger partial charge in [0.2, 0.25) is 0 Å². The Morgan fingerprint density at radius 3 is 2.14 bits per heavy atom. The molecule has 0 aromatic heterocycles. The molecular weight excluding hydrogens is 288 g/mol. The van der Waals surface area contributed by atoms with Gasteiger partial charge in [0.1, 0.15) is 17.7 Å². The van der Waals surface area contributed by atoms with Gasteiger partial charge in [0.05, 0.1) is 4.92 Å². The molecule has 122 valence electrons. The molecule has 0 aliphatic carbocycles. The number of nitro benzene ring substituents is 1. The topological polar surface area (TPSA) is 92.9 Å². The highest BCUT2D eigenvalue weighted by atomic mass is 16.6. The number of carbonyl (C=O) groups is 1. The van der Waals surface area contributed by atoms with Gasteiger partial charge in [0.15, 0.2) is 0 Å². The molecule has 0 bridgehead atoms. The SMILES string of the molecule is CN(C)[C@@H](C(=O)OC(C)(C)C)[C@H](O)c1ccc([N+](=O)[O-])cc1. The van der Waals surface area contributed by atoms with E-state index in [4.69, 9.17) is 4.74 Å². The highest BCUT2D eigenvalue weighted by Gasteiger charge is 2.34. The molecule has 7 heteroatoms. The van der Waals surface area contributed by atoms with Crippen molar-refractivity contribution in [2.24, 2.45) is 0 Å². The standard InChI is InChI=1S/C15H22N2O5/c1-15(2,3)22-14(19)12(16(4)5)13(18)10-6-8-11(9-7-10)17(20)21/h6-9,12-13,18H,1-5H3/t12-,13-/m1/s1. The lowest BCUT2D eigenvalue weighted by Crippen LogP contribution is -2.44. The highest BCUT2D eigenvalue weighted by molar-refractivity contribution is 5.77. The predicted molar refractivity (Wildman–Crippen MR) is 81.4 cm³/mol. The lowest BCUT2D eigenvalue weighted by molar-refractivity contribution is -0.384. The molecule has 7 nitrogen and oxygen atoms in total. The molecule has 0 heterocycles. The Hall–Kier alpha value is -1.99. The van der Waals surface area contributed by atoms with Crippen molar-refractivity contribution >= 4 is 11.7 Å². The van der Waals surface area contributed by atoms with Crippen LogP contribution in [0.5, 0.6) is 0 Å². The Morgan fingerprint density at radius 2 is 1.77 bits per heavy atom. The van der Waals surface area contributed by atoms with Crippen molar-refractivity contribution in [3.63, 3.8) is 0 Å². The molecule has 1 aromatic rings. The lowest BCUT2D eigenvalue weighted by atomic mass is 10.0. The summed E-state index contributed by atoms with van der Waals surface area (Å²) in [4.78, 5) is 23.9. The normalized spacial score (nSPS) is 14.5. The first-order chi connectivity index (χ1) is 10.0. The van der Waals surface area contributed by atoms with Gasteiger partial charge in [-0.3, -0.25) is 19.8 Å². The first kappa shape index (κ1) is 18.1. The summed E-state index contributed by atoms with van der Waals surface area (Å²) in [5, 5.41) is 21.1. The molecule has 1 N–H and O–H groups in total. The molecular formula is C15H22N2O5. The van der Waals surface area contributed by atoms with Gasteiger partial charge in [-0.25, -0.2) is 0 Å². The van der Waals surface area contributed by atoms with Gasteiger partial charge < -0.3 is 9.84 Å². The fourth-order valence-electron chi connectivity index (χ4n) is 1.96. The number of aliphatic hydroxyl groups excluding tert-OH is 1. The summed E-state index contributed by atoms with van der Waals surface area (Å²) in [6.45, 7) is 5.24. The number of benzene rings is 1. The van der Waals surface area contributed by atoms with E-state index in [1.807, 2.05) is 0 Å². The lowest BCUT2D eigenvalue weighted by Gasteiger charge is -2.30. The summed E-state index contributed by atoms with van der Waals surface area (Å²) in [6.07, 6.45) is -1.15. The molecule has 2 atom stereocenters. The van der Waals surface area contributed by atoms with E-state index in [-0.39, 0.29) is 5.69 Å². The number of hydrogen-bond acceptors (Lipinski definition) is 6. The number of rotatable bonds is 5. The molecule has 0 fully saturated rings. The van der Waals surface area contributed by atoms with E-state index in [1.54, 1.807) is 39.8 Å². The first-order valence-electron chi connectivity index (χ1n) is 6.84. The van der Waals surface area contributed by atoms with E-state index in [2.05, 4.69) is 0 Å². The fourth-order valence-corrected chi connectivity index (χ4v) is 1.96. The van der Waals surface area contributed by atoms with Crippen LogP contribution in [-0.4, -0.2) is 46.6 Å². The summed E-state index contributed by atoms with van der Waals surface area (Å²) >= 11 is 0. The maximum Gasteiger partial charge on any atom is 0.326 e. The van der Waals surface area contributed by atoms with Crippen LogP contribution in [0.2, 0.25) is 0 Å². The minimum absolute atomic E-state index is 0.0744. The molecule has 0 spiro atoms. The van der Waals surface area contributed by atoms with E-state index in [9.17, 15) is 20.0 Å². The third kappa shape index (κ3) is 4.78. The van der Waals surface area contributed by atoms with Crippen molar-refractivity contribution in [3.8, 4) is 0 Å². The number of hydrogen-bond donors (Lipinski definition) is 1. The zero-order valence-corrected chi connectivity index (χ0v) is 13.4. The molecule has 0 saturated heterocycles. The third-order valence-electron chi connectivity index (χ3n) is 2.95. The summed E-state index contributed by atoms with van der Waals surface area (Å²) in [6, 6.07) is 4.55. The van der Waals surface area contributed by atoms with Crippen molar-refractivity contribution < 1.29 is 19.6 Å². The van der Waals surface area contributed by atoms with Crippen molar-refractivity contribution in [3.05, 3.63) is 39.9 Å². The third-order valence-corrected chi connectivity index (χ3v) is 2.95. The van der Waals surface area contributed by atoms with Gasteiger partial charge >= 0.3 is 5.97 Å². The van der Waals surface area contributed by atoms with Crippen LogP contribution in [0.3, 0.4) is 0 Å². The van der Waals surface area contributed by atoms with Gasteiger partial charge in [-0.1, -0.05) is 0 Å². The van der Waals surface area contributed by atoms with E-state index < -0.39 is 28.6 Å². The number of non-ortho nitro benzene ring substituents is 1. The van der Waals surface area contributed by atoms with Crippen molar-refractivity contribution in [2.45, 2.75) is 38.5 Å². The van der Waals surface area contributed by atoms with Crippen molar-refractivity contribution in [1.29, 1.82) is 0 Å². The Bertz CT molecular complexity index is 534. The van der Waals surface area contributed by atoms with Gasteiger partial charge in [-0.2, -0.15) is 0 Å². The monoisotopic (exact) mass is 310 g/mol. The first-order valence-corrected chi connectivity index (χ1v) is 6.84. The Kier molecular flexibility index (Phi) is 5.62. The van der Waals surface area contributed by atoms with Gasteiger partial charge in [-0.05, 0) is 52.6 Å². The molecule has 1 rings (SSSR count). The van der Waals surface area contributed by atoms with Crippen molar-refractivity contribution in [1.82, 2.24) is 4.90 Å². The number of aliphatic hydroxyl groups is 1. The summed E-state index contributed by atoms with van der Waals surface area (Å²) in [5.41, 5.74) is -0.328. The number of likely N-dealkylation sites (N-methyl/N-ethyl adjacent to an activating group) is 1. The molecule has 0 saturated carbocycles. The van der Waals surface area contributed by atoms with Crippen molar-refractivity contribution in [2.75, 3.05) is 14.1 Å². The summed E-state index contributed by atoms with van der Waals surface area (Å²) in [5.74, 6) is -0.552. The maximum absolute atomic E-state index is 12.3. The number of ether oxygens (including phenoxy) is 1. The smallest absolute Gasteiger partial charge is 0.326 e. The van der Waals surface area contributed by atoms with Crippen LogP contribution in [0.4, 0.5) is 5.69 Å². The zero-order valence-electron chi connectivity index (χ0n) is 13.4. The molecule has 0 unspecified atom stereocenters. The largest absolute Gasteiger partial charge is 0.459 e. The minimum Gasteiger partial charge on any atom is -0.459 e. The van der Waals surface area contributed by atoms with Crippen LogP contribution >= 0.6 is 0 Å². The maximum atomic E-state index is 12.3. The Labute approximate surface area is 129 Å². The minimum atomic E-state index is -1.15. The Balaban J connectivity index is 3.00. The van der Waals surface area contributed by atoms with E-state index in [0.717, 1.165) is 0 Å². The average Bonchev–Trinajstić information content (AvgIpc) is 2.36. The van der Waals surface area contributed by atoms with E-state index in [0.29, 0.717) is 5.56 Å². The van der Waals surface area contributed by atoms with Crippen LogP contribution in [0.15, 0.2) is 24.3 Å². The molecule has 0 radical (unpaired) electrons. The molecule has 1 aromatic carbocycles. The highest BCUT2D eigenvalue weighted by Crippen LogP contribution is 2.24. The average molecular weight is 310 g/mol. The molecule has 22 heavy (non-hydrogen) atoms. The van der Waals surface area contributed by atoms with Gasteiger partial charge in [0, 0.05) is 12.1 Å². The van der Waals surface area contributed by atoms with Gasteiger partial charge in [-0.15, -0.1) is 0 Å². The zero-order chi connectivity index (χ0) is 17.1. The number of carbonyl (C=O) groups excluding carboxylic acids is 1. The molecule has 0 aliphatic heterocycles. The quantitative estimate of drug-likeness (QED) is 0.507. The van der Waals surface area contributed by atoms with Crippen LogP contribution in [0, 0.1) is 10.1 Å². The second-order valence-corrected chi connectivity index (χ2v) is 6.24. The van der Waals surface area contributed by atoms with Crippen LogP contribution < -0.4 is 0 Å². The fraction of sp³-hybridized carbons (Fsp3) is 0.533. The number of nitrogens with zero attached hydrogens (tertiary/aromatic N) is 2. The van der Waals surface area contributed by atoms with Gasteiger partial charge in [0.25, 0.3) is 5.69 Å². The second kappa shape index (κ2) is 6.85. The van der Waals surface area contributed by atoms with E-state index in [1.165, 1.54) is 24.3 Å². The summed E-state index contributed by atoms with van der Waals surface area (Å²) in [7, 11) is 3.31. The van der Waals surface area contributed by atoms with Crippen LogP contribution in [0.25, 0.3) is 0 Å². The second-order valence-electron chi connectivity index (χ2n) is 6.24. The van der Waals surface area contributed by atoms with Crippen LogP contribution in [0.1, 0.15) is 32.4 Å². The van der Waals surface area contributed by atoms with E-state index >= 15 is 0 Å².